The predicted molar refractivity (Wildman–Crippen MR) is 108 cm³/mol. The maximum absolute atomic E-state index is 12.1. The minimum absolute atomic E-state index is 0.0365. The van der Waals surface area contributed by atoms with E-state index in [-0.39, 0.29) is 30.9 Å². The molecule has 1 aromatic rings. The van der Waals surface area contributed by atoms with Crippen molar-refractivity contribution < 1.29 is 19.1 Å². The number of rotatable bonds is 11. The molecule has 0 aromatic heterocycles. The maximum atomic E-state index is 12.1. The van der Waals surface area contributed by atoms with E-state index in [0.29, 0.717) is 18.7 Å². The van der Waals surface area contributed by atoms with Gasteiger partial charge in [-0.25, -0.2) is 0 Å². The molecule has 7 nitrogen and oxygen atoms in total. The fraction of sp³-hybridized carbons (Fsp3) is 0.476. The molecule has 1 saturated heterocycles. The van der Waals surface area contributed by atoms with Crippen LogP contribution in [0.2, 0.25) is 0 Å². The first kappa shape index (κ1) is 21.6. The van der Waals surface area contributed by atoms with Gasteiger partial charge in [-0.05, 0) is 24.1 Å². The van der Waals surface area contributed by atoms with Crippen LogP contribution < -0.4 is 10.6 Å². The van der Waals surface area contributed by atoms with Gasteiger partial charge in [-0.2, -0.15) is 0 Å². The molecule has 3 amide bonds. The molecule has 1 aromatic carbocycles. The molecule has 0 unspecified atom stereocenters. The number of likely N-dealkylation sites (tertiary alicyclic amines) is 1. The van der Waals surface area contributed by atoms with Gasteiger partial charge in [-0.3, -0.25) is 14.4 Å². The Balaban J connectivity index is 1.64. The summed E-state index contributed by atoms with van der Waals surface area (Å²) in [6, 6.07) is 7.10. The van der Waals surface area contributed by atoms with E-state index in [0.717, 1.165) is 43.5 Å². The van der Waals surface area contributed by atoms with Crippen LogP contribution in [-0.4, -0.2) is 48.9 Å². The lowest BCUT2D eigenvalue weighted by molar-refractivity contribution is -0.131. The molecule has 1 heterocycles. The first-order chi connectivity index (χ1) is 13.5. The number of amides is 3. The predicted octanol–water partition coefficient (Wildman–Crippen LogP) is 2.24. The Morgan fingerprint density at radius 3 is 2.43 bits per heavy atom. The summed E-state index contributed by atoms with van der Waals surface area (Å²) in [4.78, 5) is 37.2. The second-order valence-electron chi connectivity index (χ2n) is 6.83. The Hall–Kier alpha value is -2.67. The average molecular weight is 387 g/mol. The van der Waals surface area contributed by atoms with Gasteiger partial charge in [0.15, 0.2) is 0 Å². The first-order valence-electron chi connectivity index (χ1n) is 9.71. The molecule has 1 fully saturated rings. The zero-order chi connectivity index (χ0) is 20.4. The van der Waals surface area contributed by atoms with Gasteiger partial charge in [0.1, 0.15) is 13.2 Å². The van der Waals surface area contributed by atoms with Crippen molar-refractivity contribution in [3.05, 3.63) is 42.1 Å². The molecule has 0 aliphatic carbocycles. The molecule has 7 heteroatoms. The van der Waals surface area contributed by atoms with Crippen molar-refractivity contribution in [2.75, 3.05) is 31.6 Å². The summed E-state index contributed by atoms with van der Waals surface area (Å²) in [5, 5.41) is 5.45. The largest absolute Gasteiger partial charge is 0.362 e. The highest BCUT2D eigenvalue weighted by molar-refractivity contribution is 5.92. The number of benzene rings is 1. The summed E-state index contributed by atoms with van der Waals surface area (Å²) < 4.78 is 5.14. The Morgan fingerprint density at radius 1 is 1.11 bits per heavy atom. The molecule has 2 rings (SSSR count). The Labute approximate surface area is 166 Å². The third kappa shape index (κ3) is 7.15. The molecule has 0 radical (unpaired) electrons. The highest BCUT2D eigenvalue weighted by Gasteiger charge is 2.24. The van der Waals surface area contributed by atoms with E-state index in [1.807, 2.05) is 0 Å². The summed E-state index contributed by atoms with van der Waals surface area (Å²) >= 11 is 0. The Morgan fingerprint density at radius 2 is 1.82 bits per heavy atom. The minimum Gasteiger partial charge on any atom is -0.362 e. The van der Waals surface area contributed by atoms with Crippen molar-refractivity contribution in [1.29, 1.82) is 0 Å². The SMILES string of the molecule is C=C1CCN1C(=O)Cc1ccc(NC(=O)COCC(=O)NCCCCC)cc1. The van der Waals surface area contributed by atoms with E-state index >= 15 is 0 Å². The van der Waals surface area contributed by atoms with E-state index < -0.39 is 0 Å². The molecule has 2 N–H and O–H groups in total. The van der Waals surface area contributed by atoms with Crippen LogP contribution in [0, 0.1) is 0 Å². The third-order valence-corrected chi connectivity index (χ3v) is 4.47. The van der Waals surface area contributed by atoms with Gasteiger partial charge in [0, 0.05) is 30.9 Å². The van der Waals surface area contributed by atoms with Crippen LogP contribution in [-0.2, 0) is 25.5 Å². The van der Waals surface area contributed by atoms with Crippen LogP contribution in [0.25, 0.3) is 0 Å². The zero-order valence-electron chi connectivity index (χ0n) is 16.5. The zero-order valence-corrected chi connectivity index (χ0v) is 16.5. The fourth-order valence-electron chi connectivity index (χ4n) is 2.75. The van der Waals surface area contributed by atoms with E-state index in [9.17, 15) is 14.4 Å². The number of nitrogens with one attached hydrogen (secondary N) is 2. The maximum Gasteiger partial charge on any atom is 0.250 e. The van der Waals surface area contributed by atoms with Crippen molar-refractivity contribution in [2.45, 2.75) is 39.0 Å². The number of unbranched alkanes of at least 4 members (excludes halogenated alkanes) is 2. The average Bonchev–Trinajstić information content (AvgIpc) is 2.65. The normalized spacial score (nSPS) is 13.0. The second kappa shape index (κ2) is 11.2. The van der Waals surface area contributed by atoms with Crippen molar-refractivity contribution in [1.82, 2.24) is 10.2 Å². The summed E-state index contributed by atoms with van der Waals surface area (Å²) in [5.41, 5.74) is 2.35. The summed E-state index contributed by atoms with van der Waals surface area (Å²) in [6.45, 7) is 6.96. The summed E-state index contributed by atoms with van der Waals surface area (Å²) in [5.74, 6) is -0.517. The van der Waals surface area contributed by atoms with Crippen molar-refractivity contribution >= 4 is 23.4 Å². The molecule has 28 heavy (non-hydrogen) atoms. The van der Waals surface area contributed by atoms with E-state index in [2.05, 4.69) is 24.1 Å². The van der Waals surface area contributed by atoms with Gasteiger partial charge in [0.05, 0.1) is 6.42 Å². The van der Waals surface area contributed by atoms with Gasteiger partial charge >= 0.3 is 0 Å². The Bertz CT molecular complexity index is 700. The van der Waals surface area contributed by atoms with Gasteiger partial charge in [0.2, 0.25) is 17.7 Å². The van der Waals surface area contributed by atoms with E-state index in [4.69, 9.17) is 4.74 Å². The number of anilines is 1. The minimum atomic E-state index is -0.334. The molecule has 0 spiro atoms. The van der Waals surface area contributed by atoms with Crippen molar-refractivity contribution in [3.8, 4) is 0 Å². The van der Waals surface area contributed by atoms with Crippen LogP contribution >= 0.6 is 0 Å². The lowest BCUT2D eigenvalue weighted by Gasteiger charge is -2.33. The number of hydrogen-bond donors (Lipinski definition) is 2. The number of nitrogens with zero attached hydrogens (tertiary/aromatic N) is 1. The Kier molecular flexibility index (Phi) is 8.68. The highest BCUT2D eigenvalue weighted by Crippen LogP contribution is 2.21. The van der Waals surface area contributed by atoms with Crippen molar-refractivity contribution in [2.24, 2.45) is 0 Å². The van der Waals surface area contributed by atoms with Crippen LogP contribution in [0.3, 0.4) is 0 Å². The lowest BCUT2D eigenvalue weighted by Crippen LogP contribution is -2.40. The monoisotopic (exact) mass is 387 g/mol. The van der Waals surface area contributed by atoms with E-state index in [1.54, 1.807) is 29.2 Å². The van der Waals surface area contributed by atoms with Crippen molar-refractivity contribution in [3.63, 3.8) is 0 Å². The second-order valence-corrected chi connectivity index (χ2v) is 6.83. The number of ether oxygens (including phenoxy) is 1. The highest BCUT2D eigenvalue weighted by atomic mass is 16.5. The van der Waals surface area contributed by atoms with Gasteiger partial charge < -0.3 is 20.3 Å². The van der Waals surface area contributed by atoms with Crippen LogP contribution in [0.4, 0.5) is 5.69 Å². The van der Waals surface area contributed by atoms with Gasteiger partial charge in [0.25, 0.3) is 0 Å². The quantitative estimate of drug-likeness (QED) is 0.570. The standard InChI is InChI=1S/C21H29N3O4/c1-3-4-5-11-22-19(25)14-28-15-20(26)23-18-8-6-17(7-9-18)13-21(27)24-12-10-16(24)2/h6-9H,2-5,10-15H2,1H3,(H,22,25)(H,23,26). The van der Waals surface area contributed by atoms with Crippen LogP contribution in [0.5, 0.6) is 0 Å². The molecule has 1 aliphatic heterocycles. The fourth-order valence-corrected chi connectivity index (χ4v) is 2.75. The number of carbonyl (C=O) groups excluding carboxylic acids is 3. The topological polar surface area (TPSA) is 87.7 Å². The molecule has 1 aliphatic rings. The molecule has 0 atom stereocenters. The number of carbonyl (C=O) groups is 3. The van der Waals surface area contributed by atoms with Crippen LogP contribution in [0.15, 0.2) is 36.5 Å². The first-order valence-corrected chi connectivity index (χ1v) is 9.71. The summed E-state index contributed by atoms with van der Waals surface area (Å²) in [7, 11) is 0. The third-order valence-electron chi connectivity index (χ3n) is 4.47. The molecular weight excluding hydrogens is 358 g/mol. The van der Waals surface area contributed by atoms with Gasteiger partial charge in [-0.1, -0.05) is 38.5 Å². The summed E-state index contributed by atoms with van der Waals surface area (Å²) in [6.07, 6.45) is 4.29. The molecule has 0 saturated carbocycles. The lowest BCUT2D eigenvalue weighted by atomic mass is 10.1. The molecule has 152 valence electrons. The van der Waals surface area contributed by atoms with E-state index in [1.165, 1.54) is 0 Å². The smallest absolute Gasteiger partial charge is 0.250 e. The molecular formula is C21H29N3O4. The van der Waals surface area contributed by atoms with Crippen LogP contribution in [0.1, 0.15) is 38.2 Å². The van der Waals surface area contributed by atoms with Gasteiger partial charge in [-0.15, -0.1) is 0 Å². The number of hydrogen-bond acceptors (Lipinski definition) is 4. The molecule has 0 bridgehead atoms.